The van der Waals surface area contributed by atoms with E-state index in [-0.39, 0.29) is 29.7 Å². The first-order valence-electron chi connectivity index (χ1n) is 19.4. The number of likely N-dealkylation sites (N-methyl/N-ethyl adjacent to an activating group) is 1. The predicted molar refractivity (Wildman–Crippen MR) is 202 cm³/mol. The summed E-state index contributed by atoms with van der Waals surface area (Å²) in [6, 6.07) is 3.08. The average molecular weight is 789 g/mol. The second kappa shape index (κ2) is 17.7. The molecule has 56 heavy (non-hydrogen) atoms. The minimum atomic E-state index is -3.46. The molecule has 6 atom stereocenters. The molecule has 310 valence electrons. The maximum absolute atomic E-state index is 14.9. The number of nitrogens with zero attached hydrogens (tertiary/aromatic N) is 2. The van der Waals surface area contributed by atoms with Gasteiger partial charge in [0.2, 0.25) is 35.3 Å². The number of alkyl halides is 2. The van der Waals surface area contributed by atoms with Crippen molar-refractivity contribution in [3.05, 3.63) is 35.9 Å². The fraction of sp³-hybridized carbons (Fsp3) is 0.675. The molecular weight excluding hydrogens is 730 g/mol. The fourth-order valence-corrected chi connectivity index (χ4v) is 7.99. The van der Waals surface area contributed by atoms with E-state index in [0.717, 1.165) is 19.3 Å². The van der Waals surface area contributed by atoms with Gasteiger partial charge in [-0.1, -0.05) is 70.4 Å². The molecular formula is C40H58F2N6O8. The molecule has 3 unspecified atom stereocenters. The van der Waals surface area contributed by atoms with E-state index in [2.05, 4.69) is 21.3 Å². The van der Waals surface area contributed by atoms with Crippen LogP contribution in [-0.2, 0) is 33.5 Å². The molecule has 1 aromatic rings. The minimum Gasteiger partial charge on any atom is -0.444 e. The summed E-state index contributed by atoms with van der Waals surface area (Å²) in [6.45, 7) is 9.57. The summed E-state index contributed by atoms with van der Waals surface area (Å²) in [5, 5.41) is 9.80. The number of fused-ring (bicyclic) bond motifs is 1. The van der Waals surface area contributed by atoms with Crippen LogP contribution >= 0.6 is 0 Å². The van der Waals surface area contributed by atoms with Crippen LogP contribution in [-0.4, -0.2) is 108 Å². The molecule has 1 saturated heterocycles. The number of alkyl carbamates (subject to hydrolysis) is 1. The maximum Gasteiger partial charge on any atom is 0.408 e. The minimum absolute atomic E-state index is 0.108. The van der Waals surface area contributed by atoms with Crippen molar-refractivity contribution < 1.29 is 47.1 Å². The van der Waals surface area contributed by atoms with Crippen molar-refractivity contribution in [2.45, 2.75) is 122 Å². The SMILES string of the molecule is CCC(F)(F)CC(NC(=O)[C@@H]1C2C(CN1C(=O)[C@@H](NC(=O)OC(C)(C)C)C1CCCCC1)C2(C)C)C(=O)C(=O)NCC(=O)N[C@H](C(=O)N(C)C)c1ccccc1. The van der Waals surface area contributed by atoms with Crippen LogP contribution in [0, 0.1) is 23.2 Å². The molecule has 2 aliphatic carbocycles. The Labute approximate surface area is 327 Å². The summed E-state index contributed by atoms with van der Waals surface area (Å²) < 4.78 is 35.3. The Bertz CT molecular complexity index is 1640. The van der Waals surface area contributed by atoms with E-state index >= 15 is 0 Å². The summed E-state index contributed by atoms with van der Waals surface area (Å²) in [5.41, 5.74) is -0.751. The van der Waals surface area contributed by atoms with Crippen molar-refractivity contribution >= 4 is 41.4 Å². The maximum atomic E-state index is 14.9. The number of hydrogen-bond donors (Lipinski definition) is 4. The van der Waals surface area contributed by atoms with Gasteiger partial charge in [-0.2, -0.15) is 0 Å². The second-order valence-corrected chi connectivity index (χ2v) is 17.1. The van der Waals surface area contributed by atoms with Crippen molar-refractivity contribution in [3.8, 4) is 0 Å². The first kappa shape index (κ1) is 44.1. The normalized spacial score (nSPS) is 22.0. The number of ketones is 1. The highest BCUT2D eigenvalue weighted by Crippen LogP contribution is 2.65. The number of likely N-dealkylation sites (tertiary alicyclic amines) is 1. The van der Waals surface area contributed by atoms with E-state index < -0.39 is 96.5 Å². The molecule has 14 nitrogen and oxygen atoms in total. The molecule has 3 fully saturated rings. The number of Topliss-reactive ketones (excluding diaryl/α,β-unsaturated/α-hetero) is 1. The van der Waals surface area contributed by atoms with Crippen LogP contribution in [0.1, 0.15) is 98.1 Å². The van der Waals surface area contributed by atoms with Gasteiger partial charge in [0.15, 0.2) is 0 Å². The van der Waals surface area contributed by atoms with Gasteiger partial charge in [-0.3, -0.25) is 28.8 Å². The van der Waals surface area contributed by atoms with E-state index in [4.69, 9.17) is 4.74 Å². The lowest BCUT2D eigenvalue weighted by Gasteiger charge is -2.37. The number of ether oxygens (including phenoxy) is 1. The highest BCUT2D eigenvalue weighted by Gasteiger charge is 2.70. The lowest BCUT2D eigenvalue weighted by molar-refractivity contribution is -0.146. The Hall–Kier alpha value is -4.63. The summed E-state index contributed by atoms with van der Waals surface area (Å²) >= 11 is 0. The van der Waals surface area contributed by atoms with Gasteiger partial charge in [0.1, 0.15) is 29.8 Å². The molecule has 6 amide bonds. The number of rotatable bonds is 15. The summed E-state index contributed by atoms with van der Waals surface area (Å²) in [5.74, 6) is -9.63. The van der Waals surface area contributed by atoms with Crippen LogP contribution in [0.25, 0.3) is 0 Å². The van der Waals surface area contributed by atoms with E-state index in [1.165, 1.54) is 30.8 Å². The van der Waals surface area contributed by atoms with Crippen LogP contribution in [0.3, 0.4) is 0 Å². The third-order valence-electron chi connectivity index (χ3n) is 11.2. The Morgan fingerprint density at radius 1 is 0.946 bits per heavy atom. The second-order valence-electron chi connectivity index (χ2n) is 17.1. The molecule has 4 rings (SSSR count). The van der Waals surface area contributed by atoms with Crippen LogP contribution in [0.4, 0.5) is 13.6 Å². The zero-order valence-electron chi connectivity index (χ0n) is 33.7. The lowest BCUT2D eigenvalue weighted by atomic mass is 9.83. The third kappa shape index (κ3) is 10.8. The Morgan fingerprint density at radius 2 is 1.57 bits per heavy atom. The van der Waals surface area contributed by atoms with E-state index in [1.54, 1.807) is 51.1 Å². The molecule has 4 N–H and O–H groups in total. The van der Waals surface area contributed by atoms with E-state index in [9.17, 15) is 42.3 Å². The quantitative estimate of drug-likeness (QED) is 0.195. The lowest BCUT2D eigenvalue weighted by Crippen LogP contribution is -2.60. The molecule has 0 aromatic heterocycles. The number of benzene rings is 1. The number of halogens is 2. The smallest absolute Gasteiger partial charge is 0.408 e. The predicted octanol–water partition coefficient (Wildman–Crippen LogP) is 3.49. The van der Waals surface area contributed by atoms with E-state index in [1.807, 2.05) is 13.8 Å². The largest absolute Gasteiger partial charge is 0.444 e. The fourth-order valence-electron chi connectivity index (χ4n) is 7.99. The van der Waals surface area contributed by atoms with Crippen LogP contribution in [0.5, 0.6) is 0 Å². The molecule has 1 aliphatic heterocycles. The highest BCUT2D eigenvalue weighted by atomic mass is 19.3. The number of amides is 6. The number of piperidine rings is 1. The van der Waals surface area contributed by atoms with Crippen molar-refractivity contribution in [2.75, 3.05) is 27.2 Å². The van der Waals surface area contributed by atoms with Gasteiger partial charge in [0.25, 0.3) is 5.91 Å². The number of hydrogen-bond acceptors (Lipinski definition) is 8. The third-order valence-corrected chi connectivity index (χ3v) is 11.2. The van der Waals surface area contributed by atoms with Gasteiger partial charge >= 0.3 is 6.09 Å². The van der Waals surface area contributed by atoms with Crippen molar-refractivity contribution in [3.63, 3.8) is 0 Å². The van der Waals surface area contributed by atoms with Crippen molar-refractivity contribution in [1.29, 1.82) is 0 Å². The summed E-state index contributed by atoms with van der Waals surface area (Å²) in [6.07, 6.45) is 1.36. The first-order chi connectivity index (χ1) is 26.1. The standard InChI is InChI=1S/C40H58F2N6O8/c1-9-40(41,42)20-26(32(50)34(52)43-21-27(49)45-29(35(53)47(7)8)23-16-12-10-13-17-23)44-33(51)31-28-25(39(28,5)6)22-48(31)36(54)30(24-18-14-11-15-19-24)46-37(55)56-38(2,3)4/h10,12-13,16-17,24-26,28-31H,9,11,14-15,18-22H2,1-8H3,(H,43,52)(H,44,51)(H,45,49)(H,46,55)/t25?,26?,28?,29-,30-,31-/m0/s1. The molecule has 0 bridgehead atoms. The van der Waals surface area contributed by atoms with Crippen LogP contribution in [0.2, 0.25) is 0 Å². The van der Waals surface area contributed by atoms with Crippen LogP contribution in [0.15, 0.2) is 30.3 Å². The Morgan fingerprint density at radius 3 is 2.14 bits per heavy atom. The Kier molecular flexibility index (Phi) is 13.9. The summed E-state index contributed by atoms with van der Waals surface area (Å²) in [4.78, 5) is 96.7. The zero-order chi connectivity index (χ0) is 41.7. The zero-order valence-corrected chi connectivity index (χ0v) is 33.7. The molecule has 0 spiro atoms. The molecule has 3 aliphatic rings. The van der Waals surface area contributed by atoms with Crippen molar-refractivity contribution in [2.24, 2.45) is 23.2 Å². The van der Waals surface area contributed by atoms with Gasteiger partial charge in [0.05, 0.1) is 6.54 Å². The number of nitrogens with one attached hydrogen (secondary N) is 4. The number of carbonyl (C=O) groups is 7. The average Bonchev–Trinajstić information content (AvgIpc) is 3.43. The molecule has 1 heterocycles. The number of carbonyl (C=O) groups excluding carboxylic acids is 7. The van der Waals surface area contributed by atoms with E-state index in [0.29, 0.717) is 18.4 Å². The van der Waals surface area contributed by atoms with Gasteiger partial charge in [-0.05, 0) is 62.3 Å². The molecule has 2 saturated carbocycles. The molecule has 0 radical (unpaired) electrons. The molecule has 1 aromatic carbocycles. The summed E-state index contributed by atoms with van der Waals surface area (Å²) in [7, 11) is 3.01. The Balaban J connectivity index is 1.52. The first-order valence-corrected chi connectivity index (χ1v) is 19.4. The van der Waals surface area contributed by atoms with Gasteiger partial charge < -0.3 is 35.8 Å². The topological polar surface area (TPSA) is 183 Å². The van der Waals surface area contributed by atoms with Gasteiger partial charge in [-0.25, -0.2) is 13.6 Å². The van der Waals surface area contributed by atoms with Gasteiger partial charge in [0, 0.05) is 33.5 Å². The monoisotopic (exact) mass is 788 g/mol. The van der Waals surface area contributed by atoms with Crippen molar-refractivity contribution in [1.82, 2.24) is 31.1 Å². The highest BCUT2D eigenvalue weighted by molar-refractivity contribution is 6.38. The molecule has 16 heteroatoms. The van der Waals surface area contributed by atoms with Crippen LogP contribution < -0.4 is 21.3 Å². The van der Waals surface area contributed by atoms with Gasteiger partial charge in [-0.15, -0.1) is 0 Å².